The maximum Gasteiger partial charge on any atom is 0.308 e. The van der Waals surface area contributed by atoms with E-state index in [1.54, 1.807) is 0 Å². The number of H-pyrrole nitrogens is 1. The SMILES string of the molecule is CC(=O)Oc1ccc2[nH]c3c(C)c4cc[n+]([C@@H]5O[C@H](COCc6ccccc6)[C@@H](OCc6ccccc6)[C@@H]5OCc5ccccc5)cc4c(C)c3c2c1.[Br-]. The molecule has 0 aliphatic carbocycles. The zero-order valence-corrected chi connectivity index (χ0v) is 32.1. The molecule has 0 spiro atoms. The highest BCUT2D eigenvalue weighted by Crippen LogP contribution is 2.38. The van der Waals surface area contributed by atoms with E-state index in [0.29, 0.717) is 32.2 Å². The van der Waals surface area contributed by atoms with Gasteiger partial charge in [-0.15, -0.1) is 0 Å². The van der Waals surface area contributed by atoms with Gasteiger partial charge >= 0.3 is 5.97 Å². The average Bonchev–Trinajstić information content (AvgIpc) is 3.74. The van der Waals surface area contributed by atoms with Crippen molar-refractivity contribution in [2.24, 2.45) is 0 Å². The Balaban J connectivity index is 0.00000450. The third-order valence-electron chi connectivity index (χ3n) is 10.1. The van der Waals surface area contributed by atoms with Crippen molar-refractivity contribution >= 4 is 38.5 Å². The van der Waals surface area contributed by atoms with Crippen molar-refractivity contribution in [3.05, 3.63) is 155 Å². The molecule has 0 saturated carbocycles. The molecule has 3 heterocycles. The Bertz CT molecular complexity index is 2370. The second-order valence-corrected chi connectivity index (χ2v) is 13.7. The molecule has 7 aromatic rings. The summed E-state index contributed by atoms with van der Waals surface area (Å²) in [6.45, 7) is 7.32. The summed E-state index contributed by atoms with van der Waals surface area (Å²) in [5.41, 5.74) is 7.54. The summed E-state index contributed by atoms with van der Waals surface area (Å²) >= 11 is 0. The molecule has 0 bridgehead atoms. The lowest BCUT2D eigenvalue weighted by molar-refractivity contribution is -0.765. The number of hydrogen-bond donors (Lipinski definition) is 1. The van der Waals surface area contributed by atoms with E-state index < -0.39 is 24.5 Å². The van der Waals surface area contributed by atoms with Gasteiger partial charge in [-0.3, -0.25) is 4.79 Å². The zero-order chi connectivity index (χ0) is 36.3. The molecule has 1 aliphatic rings. The number of carbonyl (C=O) groups is 1. The maximum atomic E-state index is 11.8. The number of pyridine rings is 1. The molecule has 1 fully saturated rings. The molecule has 0 amide bonds. The quantitative estimate of drug-likeness (QED) is 0.0989. The van der Waals surface area contributed by atoms with Crippen LogP contribution in [0.25, 0.3) is 32.6 Å². The third-order valence-corrected chi connectivity index (χ3v) is 10.1. The fraction of sp³-hybridized carbons (Fsp3) is 0.244. The van der Waals surface area contributed by atoms with Gasteiger partial charge in [-0.1, -0.05) is 91.0 Å². The number of carbonyl (C=O) groups excluding carboxylic acids is 1. The molecule has 5 aromatic carbocycles. The average molecular weight is 788 g/mol. The monoisotopic (exact) mass is 786 g/mol. The van der Waals surface area contributed by atoms with Crippen LogP contribution >= 0.6 is 0 Å². The van der Waals surface area contributed by atoms with Gasteiger partial charge in [0.15, 0.2) is 18.5 Å². The second kappa shape index (κ2) is 16.6. The molecular formula is C45H43BrN2O6. The molecular weight excluding hydrogens is 744 g/mol. The highest BCUT2D eigenvalue weighted by Gasteiger charge is 2.51. The summed E-state index contributed by atoms with van der Waals surface area (Å²) in [7, 11) is 0. The Morgan fingerprint density at radius 3 is 1.96 bits per heavy atom. The Labute approximate surface area is 325 Å². The van der Waals surface area contributed by atoms with Crippen molar-refractivity contribution in [2.75, 3.05) is 6.61 Å². The minimum absolute atomic E-state index is 0. The van der Waals surface area contributed by atoms with Gasteiger partial charge in [-0.05, 0) is 65.3 Å². The van der Waals surface area contributed by atoms with E-state index in [0.717, 1.165) is 60.4 Å². The van der Waals surface area contributed by atoms with Crippen molar-refractivity contribution in [3.63, 3.8) is 0 Å². The number of aromatic nitrogens is 2. The van der Waals surface area contributed by atoms with Crippen molar-refractivity contribution in [1.82, 2.24) is 4.98 Å². The minimum atomic E-state index is -0.497. The number of aryl methyl sites for hydroxylation is 2. The van der Waals surface area contributed by atoms with Crippen LogP contribution in [-0.2, 0) is 43.6 Å². The smallest absolute Gasteiger partial charge is 0.308 e. The predicted molar refractivity (Wildman–Crippen MR) is 204 cm³/mol. The maximum absolute atomic E-state index is 11.8. The van der Waals surface area contributed by atoms with Crippen LogP contribution in [0.4, 0.5) is 0 Å². The van der Waals surface area contributed by atoms with Gasteiger partial charge in [0, 0.05) is 34.7 Å². The van der Waals surface area contributed by atoms with Gasteiger partial charge in [0.25, 0.3) is 6.23 Å². The van der Waals surface area contributed by atoms with Gasteiger partial charge in [0.1, 0.15) is 18.0 Å². The first-order valence-corrected chi connectivity index (χ1v) is 18.1. The van der Waals surface area contributed by atoms with Crippen LogP contribution in [0.2, 0.25) is 0 Å². The molecule has 0 unspecified atom stereocenters. The van der Waals surface area contributed by atoms with Crippen LogP contribution in [0.3, 0.4) is 0 Å². The van der Waals surface area contributed by atoms with Crippen molar-refractivity contribution in [3.8, 4) is 5.75 Å². The summed E-state index contributed by atoms with van der Waals surface area (Å²) < 4.78 is 34.4. The fourth-order valence-electron chi connectivity index (χ4n) is 7.50. The van der Waals surface area contributed by atoms with Crippen molar-refractivity contribution in [2.45, 2.75) is 65.1 Å². The van der Waals surface area contributed by atoms with Crippen LogP contribution < -0.4 is 26.3 Å². The number of nitrogens with zero attached hydrogens (tertiary/aromatic N) is 1. The Morgan fingerprint density at radius 2 is 1.33 bits per heavy atom. The zero-order valence-electron chi connectivity index (χ0n) is 30.5. The Morgan fingerprint density at radius 1 is 0.722 bits per heavy atom. The number of halogens is 1. The predicted octanol–water partition coefficient (Wildman–Crippen LogP) is 5.59. The van der Waals surface area contributed by atoms with Crippen LogP contribution in [0, 0.1) is 13.8 Å². The Hall–Kier alpha value is -4.90. The van der Waals surface area contributed by atoms with Gasteiger partial charge < -0.3 is 45.6 Å². The number of nitrogens with one attached hydrogen (secondary N) is 1. The molecule has 8 rings (SSSR count). The molecule has 1 aliphatic heterocycles. The Kier molecular flexibility index (Phi) is 11.5. The fourth-order valence-corrected chi connectivity index (χ4v) is 7.50. The van der Waals surface area contributed by atoms with Gasteiger partial charge in [-0.2, -0.15) is 4.57 Å². The summed E-state index contributed by atoms with van der Waals surface area (Å²) in [4.78, 5) is 15.4. The topological polar surface area (TPSA) is 82.9 Å². The number of rotatable bonds is 12. The van der Waals surface area contributed by atoms with Crippen LogP contribution in [0.5, 0.6) is 5.75 Å². The highest BCUT2D eigenvalue weighted by atomic mass is 79.9. The van der Waals surface area contributed by atoms with Gasteiger partial charge in [0.05, 0.1) is 31.9 Å². The normalized spacial score (nSPS) is 18.3. The summed E-state index contributed by atoms with van der Waals surface area (Å²) in [6.07, 6.45) is 2.49. The highest BCUT2D eigenvalue weighted by molar-refractivity contribution is 6.16. The first kappa shape index (κ1) is 37.4. The number of hydrogen-bond acceptors (Lipinski definition) is 6. The van der Waals surface area contributed by atoms with Crippen LogP contribution in [0.15, 0.2) is 128 Å². The van der Waals surface area contributed by atoms with Crippen LogP contribution in [0.1, 0.15) is 41.0 Å². The largest absolute Gasteiger partial charge is 1.00 e. The van der Waals surface area contributed by atoms with E-state index in [-0.39, 0.29) is 23.0 Å². The first-order chi connectivity index (χ1) is 25.9. The van der Waals surface area contributed by atoms with E-state index in [9.17, 15) is 4.79 Å². The molecule has 9 heteroatoms. The van der Waals surface area contributed by atoms with Gasteiger partial charge in [0.2, 0.25) is 0 Å². The van der Waals surface area contributed by atoms with Gasteiger partial charge in [-0.25, -0.2) is 0 Å². The number of ether oxygens (including phenoxy) is 5. The summed E-state index contributed by atoms with van der Waals surface area (Å²) in [5, 5.41) is 4.32. The number of esters is 1. The van der Waals surface area contributed by atoms with Crippen molar-refractivity contribution in [1.29, 1.82) is 0 Å². The number of aromatic amines is 1. The standard InChI is InChI=1S/C45H42N2O6.BrH/c1-29-38-24-47(22-21-36(38)30(2)42-41(29)37-23-35(52-31(3)48)19-20-39(37)46-42)45-44(51-27-34-17-11-6-12-18-34)43(50-26-33-15-9-5-10-16-33)40(53-45)28-49-25-32-13-7-4-8-14-32;/h4-24,40,43-45H,25-28H2,1-3H3;1H/t40-,43-,44+,45-;/m1./s1. The summed E-state index contributed by atoms with van der Waals surface area (Å²) in [6, 6.07) is 38.4. The van der Waals surface area contributed by atoms with E-state index in [4.69, 9.17) is 23.7 Å². The number of fused-ring (bicyclic) bond motifs is 4. The minimum Gasteiger partial charge on any atom is -1.00 e. The molecule has 54 heavy (non-hydrogen) atoms. The van der Waals surface area contributed by atoms with Crippen LogP contribution in [-0.4, -0.2) is 35.9 Å². The molecule has 4 atom stereocenters. The second-order valence-electron chi connectivity index (χ2n) is 13.7. The lowest BCUT2D eigenvalue weighted by Crippen LogP contribution is -3.00. The van der Waals surface area contributed by atoms with E-state index >= 15 is 0 Å². The lowest BCUT2D eigenvalue weighted by atomic mass is 9.97. The molecule has 2 aromatic heterocycles. The molecule has 1 saturated heterocycles. The molecule has 276 valence electrons. The molecule has 8 nitrogen and oxygen atoms in total. The lowest BCUT2D eigenvalue weighted by Gasteiger charge is -2.23. The summed E-state index contributed by atoms with van der Waals surface area (Å²) in [5.74, 6) is 0.171. The van der Waals surface area contributed by atoms with Crippen molar-refractivity contribution < 1.29 is 50.0 Å². The van der Waals surface area contributed by atoms with E-state index in [1.807, 2.05) is 72.8 Å². The van der Waals surface area contributed by atoms with E-state index in [1.165, 1.54) is 6.92 Å². The third kappa shape index (κ3) is 7.83. The number of benzene rings is 5. The first-order valence-electron chi connectivity index (χ1n) is 18.1. The van der Waals surface area contributed by atoms with E-state index in [2.05, 4.69) is 78.3 Å². The molecule has 1 N–H and O–H groups in total. The molecule has 0 radical (unpaired) electrons.